The molecule has 4 heteroatoms. The number of ether oxygens (including phenoxy) is 2. The van der Waals surface area contributed by atoms with Gasteiger partial charge in [0.15, 0.2) is 11.3 Å². The van der Waals surface area contributed by atoms with E-state index in [0.29, 0.717) is 16.4 Å². The smallest absolute Gasteiger partial charge is 0.180 e. The van der Waals surface area contributed by atoms with Crippen molar-refractivity contribution in [3.05, 3.63) is 35.6 Å². The van der Waals surface area contributed by atoms with Gasteiger partial charge in [0.1, 0.15) is 5.75 Å². The fraction of sp³-hybridized carbons (Fsp3) is 0.143. The van der Waals surface area contributed by atoms with Gasteiger partial charge in [-0.05, 0) is 24.3 Å². The molecule has 0 unspecified atom stereocenters. The van der Waals surface area contributed by atoms with Crippen molar-refractivity contribution >= 4 is 33.3 Å². The Morgan fingerprint density at radius 1 is 0.944 bits per heavy atom. The highest BCUT2D eigenvalue weighted by Gasteiger charge is 2.17. The molecule has 3 rings (SSSR count). The number of furan rings is 1. The molecule has 2 aromatic carbocycles. The van der Waals surface area contributed by atoms with E-state index in [9.17, 15) is 0 Å². The molecule has 1 heterocycles. The van der Waals surface area contributed by atoms with Crippen molar-refractivity contribution in [3.63, 3.8) is 0 Å². The maximum atomic E-state index is 6.04. The number of rotatable bonds is 2. The van der Waals surface area contributed by atoms with Crippen LogP contribution in [0, 0.1) is 0 Å². The van der Waals surface area contributed by atoms with Gasteiger partial charge in [0.2, 0.25) is 0 Å². The van der Waals surface area contributed by atoms with Crippen LogP contribution in [0.2, 0.25) is 5.02 Å². The topological polar surface area (TPSA) is 31.6 Å². The Morgan fingerprint density at radius 3 is 2.44 bits per heavy atom. The van der Waals surface area contributed by atoms with Crippen molar-refractivity contribution in [2.75, 3.05) is 14.2 Å². The Morgan fingerprint density at radius 2 is 1.72 bits per heavy atom. The summed E-state index contributed by atoms with van der Waals surface area (Å²) < 4.78 is 16.4. The maximum Gasteiger partial charge on any atom is 0.180 e. The molecular weight excluding hydrogens is 252 g/mol. The molecule has 3 nitrogen and oxygen atoms in total. The Balaban J connectivity index is 2.59. The third-order valence-corrected chi connectivity index (χ3v) is 3.23. The van der Waals surface area contributed by atoms with E-state index in [-0.39, 0.29) is 0 Å². The molecule has 0 fully saturated rings. The quantitative estimate of drug-likeness (QED) is 0.692. The lowest BCUT2D eigenvalue weighted by atomic mass is 10.1. The van der Waals surface area contributed by atoms with E-state index in [1.54, 1.807) is 20.5 Å². The molecule has 0 aliphatic heterocycles. The number of hydrogen-bond donors (Lipinski definition) is 0. The van der Waals surface area contributed by atoms with Crippen LogP contribution in [0.5, 0.6) is 11.5 Å². The summed E-state index contributed by atoms with van der Waals surface area (Å²) in [6.07, 6.45) is 1.62. The first-order chi connectivity index (χ1) is 8.76. The SMILES string of the molecule is COc1c2ccc(Cl)cc2c(OC)c2occc12. The van der Waals surface area contributed by atoms with Gasteiger partial charge in [0, 0.05) is 15.8 Å². The first-order valence-corrected chi connectivity index (χ1v) is 5.84. The van der Waals surface area contributed by atoms with Crippen molar-refractivity contribution in [1.82, 2.24) is 0 Å². The Labute approximate surface area is 109 Å². The van der Waals surface area contributed by atoms with E-state index < -0.39 is 0 Å². The fourth-order valence-corrected chi connectivity index (χ4v) is 2.43. The molecule has 0 radical (unpaired) electrons. The molecule has 0 aliphatic carbocycles. The van der Waals surface area contributed by atoms with Gasteiger partial charge in [-0.1, -0.05) is 11.6 Å². The predicted molar refractivity (Wildman–Crippen MR) is 71.8 cm³/mol. The van der Waals surface area contributed by atoms with E-state index >= 15 is 0 Å². The highest BCUT2D eigenvalue weighted by Crippen LogP contribution is 2.43. The molecule has 0 atom stereocenters. The highest BCUT2D eigenvalue weighted by molar-refractivity contribution is 6.31. The van der Waals surface area contributed by atoms with Gasteiger partial charge in [-0.15, -0.1) is 0 Å². The van der Waals surface area contributed by atoms with Crippen LogP contribution < -0.4 is 9.47 Å². The minimum Gasteiger partial charge on any atom is -0.495 e. The summed E-state index contributed by atoms with van der Waals surface area (Å²) in [6.45, 7) is 0. The Kier molecular flexibility index (Phi) is 2.56. The molecule has 92 valence electrons. The standard InChI is InChI=1S/C14H11ClO3/c1-16-12-9-4-3-8(15)7-11(9)13(17-2)14-10(12)5-6-18-14/h3-7H,1-2H3. The first-order valence-electron chi connectivity index (χ1n) is 5.46. The molecule has 0 saturated carbocycles. The van der Waals surface area contributed by atoms with Crippen molar-refractivity contribution < 1.29 is 13.9 Å². The van der Waals surface area contributed by atoms with Crippen LogP contribution in [0.4, 0.5) is 0 Å². The van der Waals surface area contributed by atoms with E-state index in [4.69, 9.17) is 25.5 Å². The van der Waals surface area contributed by atoms with Crippen molar-refractivity contribution in [2.24, 2.45) is 0 Å². The molecule has 0 saturated heterocycles. The average Bonchev–Trinajstić information content (AvgIpc) is 2.84. The van der Waals surface area contributed by atoms with E-state index in [1.807, 2.05) is 24.3 Å². The summed E-state index contributed by atoms with van der Waals surface area (Å²) in [6, 6.07) is 7.47. The monoisotopic (exact) mass is 262 g/mol. The van der Waals surface area contributed by atoms with Crippen LogP contribution in [0.15, 0.2) is 34.9 Å². The molecule has 0 N–H and O–H groups in total. The summed E-state index contributed by atoms with van der Waals surface area (Å²) in [5.74, 6) is 1.44. The summed E-state index contributed by atoms with van der Waals surface area (Å²) in [5.41, 5.74) is 0.670. The largest absolute Gasteiger partial charge is 0.495 e. The number of hydrogen-bond acceptors (Lipinski definition) is 3. The molecular formula is C14H11ClO3. The van der Waals surface area contributed by atoms with Crippen LogP contribution in [0.1, 0.15) is 0 Å². The molecule has 1 aromatic heterocycles. The van der Waals surface area contributed by atoms with Crippen LogP contribution >= 0.6 is 11.6 Å². The number of benzene rings is 2. The average molecular weight is 263 g/mol. The van der Waals surface area contributed by atoms with Crippen LogP contribution in [0.3, 0.4) is 0 Å². The van der Waals surface area contributed by atoms with Gasteiger partial charge in [-0.25, -0.2) is 0 Å². The van der Waals surface area contributed by atoms with E-state index in [2.05, 4.69) is 0 Å². The van der Waals surface area contributed by atoms with E-state index in [1.165, 1.54) is 0 Å². The molecule has 18 heavy (non-hydrogen) atoms. The zero-order valence-corrected chi connectivity index (χ0v) is 10.7. The van der Waals surface area contributed by atoms with Crippen LogP contribution in [0.25, 0.3) is 21.7 Å². The second kappa shape index (κ2) is 4.10. The summed E-state index contributed by atoms with van der Waals surface area (Å²) in [5, 5.41) is 3.37. The number of halogens is 1. The number of fused-ring (bicyclic) bond motifs is 2. The fourth-order valence-electron chi connectivity index (χ4n) is 2.26. The van der Waals surface area contributed by atoms with Crippen LogP contribution in [-0.2, 0) is 0 Å². The second-order valence-electron chi connectivity index (χ2n) is 3.92. The molecule has 3 aromatic rings. The van der Waals surface area contributed by atoms with Gasteiger partial charge in [-0.3, -0.25) is 0 Å². The lowest BCUT2D eigenvalue weighted by molar-refractivity contribution is 0.410. The minimum absolute atomic E-state index is 0.647. The number of methoxy groups -OCH3 is 2. The lowest BCUT2D eigenvalue weighted by Crippen LogP contribution is -1.91. The molecule has 0 spiro atoms. The normalized spacial score (nSPS) is 11.1. The molecule has 0 aliphatic rings. The van der Waals surface area contributed by atoms with Gasteiger partial charge in [-0.2, -0.15) is 0 Å². The van der Waals surface area contributed by atoms with Crippen molar-refractivity contribution in [3.8, 4) is 11.5 Å². The van der Waals surface area contributed by atoms with E-state index in [0.717, 1.165) is 21.9 Å². The summed E-state index contributed by atoms with van der Waals surface area (Å²) in [7, 11) is 3.26. The summed E-state index contributed by atoms with van der Waals surface area (Å²) >= 11 is 6.04. The van der Waals surface area contributed by atoms with Gasteiger partial charge in [0.25, 0.3) is 0 Å². The van der Waals surface area contributed by atoms with Crippen LogP contribution in [-0.4, -0.2) is 14.2 Å². The van der Waals surface area contributed by atoms with Gasteiger partial charge in [0.05, 0.1) is 25.9 Å². The predicted octanol–water partition coefficient (Wildman–Crippen LogP) is 4.26. The highest BCUT2D eigenvalue weighted by atomic mass is 35.5. The van der Waals surface area contributed by atoms with Gasteiger partial charge < -0.3 is 13.9 Å². The van der Waals surface area contributed by atoms with Crippen molar-refractivity contribution in [2.45, 2.75) is 0 Å². The maximum absolute atomic E-state index is 6.04. The summed E-state index contributed by atoms with van der Waals surface area (Å²) in [4.78, 5) is 0. The third-order valence-electron chi connectivity index (χ3n) is 3.00. The Bertz CT molecular complexity index is 731. The molecule has 0 bridgehead atoms. The molecule has 0 amide bonds. The third kappa shape index (κ3) is 1.44. The second-order valence-corrected chi connectivity index (χ2v) is 4.36. The first kappa shape index (κ1) is 11.2. The zero-order chi connectivity index (χ0) is 12.7. The zero-order valence-electron chi connectivity index (χ0n) is 9.99. The Hall–Kier alpha value is -1.87. The lowest BCUT2D eigenvalue weighted by Gasteiger charge is -2.11. The van der Waals surface area contributed by atoms with Gasteiger partial charge >= 0.3 is 0 Å². The van der Waals surface area contributed by atoms with Crippen molar-refractivity contribution in [1.29, 1.82) is 0 Å². The minimum atomic E-state index is 0.647.